The molecule has 2 aliphatic carbocycles. The second-order valence-corrected chi connectivity index (χ2v) is 6.92. The smallest absolute Gasteiger partial charge is 0.311 e. The number of benzene rings is 2. The van der Waals surface area contributed by atoms with Crippen LogP contribution in [0.1, 0.15) is 42.0 Å². The van der Waals surface area contributed by atoms with Crippen molar-refractivity contribution in [1.29, 1.82) is 0 Å². The van der Waals surface area contributed by atoms with Gasteiger partial charge in [-0.05, 0) is 48.4 Å². The third-order valence-corrected chi connectivity index (χ3v) is 5.32. The molecule has 4 rings (SSSR count). The van der Waals surface area contributed by atoms with Gasteiger partial charge in [0.1, 0.15) is 0 Å². The van der Waals surface area contributed by atoms with E-state index < -0.39 is 0 Å². The van der Waals surface area contributed by atoms with Gasteiger partial charge < -0.3 is 4.74 Å². The molecule has 1 atom stereocenters. The number of rotatable bonds is 6. The highest BCUT2D eigenvalue weighted by molar-refractivity contribution is 5.48. The molecular formula is C20H22N2O3. The topological polar surface area (TPSA) is 55.6 Å². The first kappa shape index (κ1) is 16.1. The van der Waals surface area contributed by atoms with Crippen molar-refractivity contribution < 1.29 is 9.66 Å². The normalized spacial score (nSPS) is 19.0. The van der Waals surface area contributed by atoms with E-state index >= 15 is 0 Å². The monoisotopic (exact) mass is 338 g/mol. The average molecular weight is 338 g/mol. The first-order chi connectivity index (χ1) is 12.2. The van der Waals surface area contributed by atoms with Crippen LogP contribution in [-0.4, -0.2) is 23.0 Å². The molecule has 0 amide bonds. The number of aryl methyl sites for hydroxylation is 1. The zero-order chi connectivity index (χ0) is 17.4. The van der Waals surface area contributed by atoms with Crippen LogP contribution in [0, 0.1) is 10.1 Å². The van der Waals surface area contributed by atoms with Crippen LogP contribution in [0.4, 0.5) is 5.69 Å². The van der Waals surface area contributed by atoms with Crippen LogP contribution in [0.25, 0.3) is 0 Å². The Kier molecular flexibility index (Phi) is 4.17. The van der Waals surface area contributed by atoms with Crippen LogP contribution in [-0.2, 0) is 13.0 Å². The number of hydrogen-bond acceptors (Lipinski definition) is 4. The van der Waals surface area contributed by atoms with Crippen molar-refractivity contribution in [2.45, 2.75) is 44.3 Å². The molecule has 130 valence electrons. The number of hydrogen-bond donors (Lipinski definition) is 0. The number of fused-ring (bicyclic) bond motifs is 1. The fraction of sp³-hybridized carbons (Fsp3) is 0.400. The second kappa shape index (κ2) is 6.48. The van der Waals surface area contributed by atoms with Gasteiger partial charge in [0.25, 0.3) is 0 Å². The Hall–Kier alpha value is -2.40. The molecule has 5 nitrogen and oxygen atoms in total. The molecule has 1 fully saturated rings. The first-order valence-electron chi connectivity index (χ1n) is 8.82. The summed E-state index contributed by atoms with van der Waals surface area (Å²) in [6, 6.07) is 15.0. The molecular weight excluding hydrogens is 316 g/mol. The van der Waals surface area contributed by atoms with Crippen molar-refractivity contribution in [3.63, 3.8) is 0 Å². The minimum atomic E-state index is -0.366. The van der Waals surface area contributed by atoms with E-state index in [1.807, 2.05) is 6.07 Å². The highest BCUT2D eigenvalue weighted by atomic mass is 16.6. The largest absolute Gasteiger partial charge is 0.490 e. The van der Waals surface area contributed by atoms with Crippen molar-refractivity contribution in [3.05, 3.63) is 69.3 Å². The lowest BCUT2D eigenvalue weighted by Crippen LogP contribution is -2.29. The van der Waals surface area contributed by atoms with E-state index in [4.69, 9.17) is 4.74 Å². The molecule has 0 N–H and O–H groups in total. The summed E-state index contributed by atoms with van der Waals surface area (Å²) in [7, 11) is 1.47. The van der Waals surface area contributed by atoms with E-state index in [0.717, 1.165) is 24.9 Å². The Bertz CT molecular complexity index is 801. The molecule has 0 spiro atoms. The van der Waals surface area contributed by atoms with Gasteiger partial charge in [-0.15, -0.1) is 0 Å². The molecule has 5 heteroatoms. The molecule has 0 unspecified atom stereocenters. The summed E-state index contributed by atoms with van der Waals surface area (Å²) >= 11 is 0. The number of nitro groups is 1. The zero-order valence-electron chi connectivity index (χ0n) is 14.4. The van der Waals surface area contributed by atoms with Gasteiger partial charge in [-0.25, -0.2) is 0 Å². The quantitative estimate of drug-likeness (QED) is 0.583. The van der Waals surface area contributed by atoms with Crippen molar-refractivity contribution in [3.8, 4) is 5.75 Å². The van der Waals surface area contributed by atoms with E-state index in [2.05, 4.69) is 29.2 Å². The van der Waals surface area contributed by atoms with Crippen molar-refractivity contribution in [2.75, 3.05) is 7.11 Å². The van der Waals surface area contributed by atoms with Crippen LogP contribution in [0.3, 0.4) is 0 Å². The summed E-state index contributed by atoms with van der Waals surface area (Å²) in [6.07, 6.45) is 4.69. The Morgan fingerprint density at radius 1 is 1.20 bits per heavy atom. The lowest BCUT2D eigenvalue weighted by atomic mass is 10.1. The van der Waals surface area contributed by atoms with Crippen LogP contribution in [0.15, 0.2) is 42.5 Å². The molecule has 0 aromatic heterocycles. The molecule has 2 aliphatic rings. The van der Waals surface area contributed by atoms with Crippen molar-refractivity contribution in [2.24, 2.45) is 0 Å². The number of nitrogens with zero attached hydrogens (tertiary/aromatic N) is 2. The van der Waals surface area contributed by atoms with Gasteiger partial charge in [0.15, 0.2) is 5.75 Å². The minimum absolute atomic E-state index is 0.0440. The van der Waals surface area contributed by atoms with Gasteiger partial charge in [-0.1, -0.05) is 30.3 Å². The second-order valence-electron chi connectivity index (χ2n) is 6.92. The standard InChI is InChI=1S/C20H22N2O3/c1-25-20-11-6-14(12-19(20)22(23)24)13-21(16-8-9-16)18-10-7-15-4-2-3-5-17(15)18/h2-6,11-12,16,18H,7-10,13H2,1H3/t18-/m0/s1. The summed E-state index contributed by atoms with van der Waals surface area (Å²) in [5, 5.41) is 11.3. The third-order valence-electron chi connectivity index (χ3n) is 5.32. The SMILES string of the molecule is COc1ccc(CN(C2CC2)[C@H]2CCc3ccccc32)cc1[N+](=O)[O-]. The van der Waals surface area contributed by atoms with Crippen molar-refractivity contribution >= 4 is 5.69 Å². The molecule has 0 aliphatic heterocycles. The summed E-state index contributed by atoms with van der Waals surface area (Å²) in [6.45, 7) is 0.745. The highest BCUT2D eigenvalue weighted by Gasteiger charge is 2.37. The van der Waals surface area contributed by atoms with E-state index in [0.29, 0.717) is 17.8 Å². The minimum Gasteiger partial charge on any atom is -0.490 e. The van der Waals surface area contributed by atoms with Gasteiger partial charge >= 0.3 is 5.69 Å². The summed E-state index contributed by atoms with van der Waals surface area (Å²) in [5.41, 5.74) is 3.89. The van der Waals surface area contributed by atoms with Gasteiger partial charge in [-0.2, -0.15) is 0 Å². The lowest BCUT2D eigenvalue weighted by molar-refractivity contribution is -0.385. The predicted molar refractivity (Wildman–Crippen MR) is 95.7 cm³/mol. The van der Waals surface area contributed by atoms with Crippen LogP contribution >= 0.6 is 0 Å². The zero-order valence-corrected chi connectivity index (χ0v) is 14.4. The fourth-order valence-corrected chi connectivity index (χ4v) is 3.97. The maximum Gasteiger partial charge on any atom is 0.311 e. The number of methoxy groups -OCH3 is 1. The van der Waals surface area contributed by atoms with Crippen LogP contribution in [0.5, 0.6) is 5.75 Å². The lowest BCUT2D eigenvalue weighted by Gasteiger charge is -2.30. The first-order valence-corrected chi connectivity index (χ1v) is 8.82. The predicted octanol–water partition coefficient (Wildman–Crippen LogP) is 4.26. The Labute approximate surface area is 147 Å². The Morgan fingerprint density at radius 2 is 2.00 bits per heavy atom. The molecule has 2 aromatic carbocycles. The van der Waals surface area contributed by atoms with Crippen molar-refractivity contribution in [1.82, 2.24) is 4.90 Å². The third kappa shape index (κ3) is 3.12. The average Bonchev–Trinajstić information content (AvgIpc) is 3.38. The van der Waals surface area contributed by atoms with Gasteiger partial charge in [0, 0.05) is 24.7 Å². The Morgan fingerprint density at radius 3 is 2.72 bits per heavy atom. The van der Waals surface area contributed by atoms with Gasteiger partial charge in [0.2, 0.25) is 0 Å². The maximum absolute atomic E-state index is 11.3. The molecule has 0 bridgehead atoms. The fourth-order valence-electron chi connectivity index (χ4n) is 3.97. The van der Waals surface area contributed by atoms with Gasteiger partial charge in [0.05, 0.1) is 12.0 Å². The highest BCUT2D eigenvalue weighted by Crippen LogP contribution is 2.43. The van der Waals surface area contributed by atoms with Crippen LogP contribution in [0.2, 0.25) is 0 Å². The van der Waals surface area contributed by atoms with Gasteiger partial charge in [-0.3, -0.25) is 15.0 Å². The maximum atomic E-state index is 11.3. The molecule has 2 aromatic rings. The molecule has 1 saturated carbocycles. The summed E-state index contributed by atoms with van der Waals surface area (Å²) in [5.74, 6) is 0.318. The van der Waals surface area contributed by atoms with Crippen LogP contribution < -0.4 is 4.74 Å². The summed E-state index contributed by atoms with van der Waals surface area (Å²) in [4.78, 5) is 13.5. The van der Waals surface area contributed by atoms with E-state index in [1.165, 1.54) is 31.1 Å². The molecule has 0 radical (unpaired) electrons. The van der Waals surface area contributed by atoms with E-state index in [1.54, 1.807) is 12.1 Å². The molecule has 0 saturated heterocycles. The Balaban J connectivity index is 1.62. The molecule has 0 heterocycles. The van der Waals surface area contributed by atoms with E-state index in [9.17, 15) is 10.1 Å². The van der Waals surface area contributed by atoms with E-state index in [-0.39, 0.29) is 10.6 Å². The number of nitro benzene ring substituents is 1. The molecule has 25 heavy (non-hydrogen) atoms. The summed E-state index contributed by atoms with van der Waals surface area (Å²) < 4.78 is 5.12. The number of ether oxygens (including phenoxy) is 1.